The number of nitrogens with one attached hydrogen (secondary N) is 1. The lowest BCUT2D eigenvalue weighted by Gasteiger charge is -2.23. The van der Waals surface area contributed by atoms with E-state index in [0.717, 1.165) is 4.90 Å². The van der Waals surface area contributed by atoms with E-state index >= 15 is 0 Å². The van der Waals surface area contributed by atoms with Crippen LogP contribution in [0.4, 0.5) is 10.5 Å². The Balaban J connectivity index is 2.35. The summed E-state index contributed by atoms with van der Waals surface area (Å²) in [4.78, 5) is 25.9. The van der Waals surface area contributed by atoms with Crippen LogP contribution in [0.15, 0.2) is 12.1 Å². The first-order valence-electron chi connectivity index (χ1n) is 7.23. The summed E-state index contributed by atoms with van der Waals surface area (Å²) < 4.78 is 5.29. The molecule has 5 nitrogen and oxygen atoms in total. The fourth-order valence-electron chi connectivity index (χ4n) is 2.28. The number of nitrogens with zero attached hydrogens (tertiary/aromatic N) is 1. The number of fused-ring (bicyclic) bond motifs is 1. The number of halogens is 1. The SMILES string of the molecule is CC(C)Nc1ccc(Cl)c2c1C(=O)N(C(=O)OC(C)(C)C)C2. The van der Waals surface area contributed by atoms with Crippen LogP contribution < -0.4 is 5.32 Å². The lowest BCUT2D eigenvalue weighted by Crippen LogP contribution is -2.37. The van der Waals surface area contributed by atoms with Crippen LogP contribution in [0, 0.1) is 0 Å². The van der Waals surface area contributed by atoms with E-state index in [1.165, 1.54) is 0 Å². The maximum Gasteiger partial charge on any atom is 0.417 e. The number of carbonyl (C=O) groups excluding carboxylic acids is 2. The molecular formula is C16H21ClN2O3. The highest BCUT2D eigenvalue weighted by Gasteiger charge is 2.38. The van der Waals surface area contributed by atoms with Gasteiger partial charge in [0.1, 0.15) is 5.60 Å². The minimum Gasteiger partial charge on any atom is -0.443 e. The Morgan fingerprint density at radius 2 is 2.00 bits per heavy atom. The van der Waals surface area contributed by atoms with E-state index in [0.29, 0.717) is 21.8 Å². The maximum absolute atomic E-state index is 12.6. The minimum absolute atomic E-state index is 0.134. The van der Waals surface area contributed by atoms with E-state index in [4.69, 9.17) is 16.3 Å². The summed E-state index contributed by atoms with van der Waals surface area (Å²) in [6.07, 6.45) is -0.653. The van der Waals surface area contributed by atoms with Gasteiger partial charge in [-0.25, -0.2) is 9.69 Å². The molecule has 1 aliphatic heterocycles. The molecule has 0 bridgehead atoms. The van der Waals surface area contributed by atoms with Crippen molar-refractivity contribution in [2.45, 2.75) is 52.8 Å². The van der Waals surface area contributed by atoms with Crippen LogP contribution in [0.1, 0.15) is 50.5 Å². The van der Waals surface area contributed by atoms with Crippen molar-refractivity contribution in [3.8, 4) is 0 Å². The second kappa shape index (κ2) is 5.80. The Kier molecular flexibility index (Phi) is 4.38. The van der Waals surface area contributed by atoms with Crippen molar-refractivity contribution in [3.05, 3.63) is 28.3 Å². The zero-order chi connectivity index (χ0) is 16.7. The Hall–Kier alpha value is -1.75. The summed E-state index contributed by atoms with van der Waals surface area (Å²) in [6.45, 7) is 9.37. The molecule has 1 N–H and O–H groups in total. The molecule has 1 heterocycles. The fourth-order valence-corrected chi connectivity index (χ4v) is 2.50. The van der Waals surface area contributed by atoms with Crippen LogP contribution in [0.25, 0.3) is 0 Å². The van der Waals surface area contributed by atoms with Gasteiger partial charge in [0.25, 0.3) is 5.91 Å². The van der Waals surface area contributed by atoms with Crippen LogP contribution in [-0.2, 0) is 11.3 Å². The predicted molar refractivity (Wildman–Crippen MR) is 86.3 cm³/mol. The Morgan fingerprint density at radius 1 is 1.36 bits per heavy atom. The molecule has 120 valence electrons. The molecule has 0 spiro atoms. The number of rotatable bonds is 2. The van der Waals surface area contributed by atoms with Gasteiger partial charge in [-0.1, -0.05) is 11.6 Å². The summed E-state index contributed by atoms with van der Waals surface area (Å²) in [7, 11) is 0. The molecule has 0 radical (unpaired) electrons. The first kappa shape index (κ1) is 16.6. The average Bonchev–Trinajstić information content (AvgIpc) is 2.69. The van der Waals surface area contributed by atoms with E-state index in [9.17, 15) is 9.59 Å². The van der Waals surface area contributed by atoms with Crippen molar-refractivity contribution in [3.63, 3.8) is 0 Å². The molecule has 1 aliphatic rings. The molecule has 2 rings (SSSR count). The van der Waals surface area contributed by atoms with Crippen molar-refractivity contribution in [1.82, 2.24) is 4.90 Å². The van der Waals surface area contributed by atoms with Crippen molar-refractivity contribution in [2.24, 2.45) is 0 Å². The second-order valence-corrected chi connectivity index (χ2v) is 7.03. The van der Waals surface area contributed by atoms with E-state index < -0.39 is 11.7 Å². The van der Waals surface area contributed by atoms with Gasteiger partial charge in [0.2, 0.25) is 0 Å². The highest BCUT2D eigenvalue weighted by atomic mass is 35.5. The fraction of sp³-hybridized carbons (Fsp3) is 0.500. The van der Waals surface area contributed by atoms with Gasteiger partial charge in [0, 0.05) is 22.3 Å². The summed E-state index contributed by atoms with van der Waals surface area (Å²) in [5, 5.41) is 3.69. The Morgan fingerprint density at radius 3 is 2.55 bits per heavy atom. The maximum atomic E-state index is 12.6. The highest BCUT2D eigenvalue weighted by molar-refractivity contribution is 6.32. The number of anilines is 1. The lowest BCUT2D eigenvalue weighted by molar-refractivity contribution is 0.0248. The first-order valence-corrected chi connectivity index (χ1v) is 7.60. The summed E-state index contributed by atoms with van der Waals surface area (Å²) >= 11 is 6.19. The first-order chi connectivity index (χ1) is 10.1. The summed E-state index contributed by atoms with van der Waals surface area (Å²) in [5.74, 6) is -0.380. The number of hydrogen-bond donors (Lipinski definition) is 1. The van der Waals surface area contributed by atoms with Crippen molar-refractivity contribution >= 4 is 29.3 Å². The molecule has 1 aromatic carbocycles. The molecule has 0 aliphatic carbocycles. The molecule has 0 fully saturated rings. The zero-order valence-electron chi connectivity index (χ0n) is 13.5. The lowest BCUT2D eigenvalue weighted by atomic mass is 10.1. The van der Waals surface area contributed by atoms with Crippen LogP contribution in [-0.4, -0.2) is 28.5 Å². The highest BCUT2D eigenvalue weighted by Crippen LogP contribution is 2.35. The van der Waals surface area contributed by atoms with Crippen LogP contribution in [0.2, 0.25) is 5.02 Å². The standard InChI is InChI=1S/C16H21ClN2O3/c1-9(2)18-12-7-6-11(17)10-8-19(14(20)13(10)12)15(21)22-16(3,4)5/h6-7,9,18H,8H2,1-5H3. The molecule has 0 atom stereocenters. The molecule has 0 unspecified atom stereocenters. The van der Waals surface area contributed by atoms with Gasteiger partial charge in [-0.15, -0.1) is 0 Å². The van der Waals surface area contributed by atoms with Gasteiger partial charge in [-0.2, -0.15) is 0 Å². The van der Waals surface area contributed by atoms with Gasteiger partial charge in [0.15, 0.2) is 0 Å². The third kappa shape index (κ3) is 3.35. The predicted octanol–water partition coefficient (Wildman–Crippen LogP) is 4.05. The van der Waals surface area contributed by atoms with E-state index in [1.807, 2.05) is 13.8 Å². The topological polar surface area (TPSA) is 58.6 Å². The smallest absolute Gasteiger partial charge is 0.417 e. The number of hydrogen-bond acceptors (Lipinski definition) is 4. The van der Waals surface area contributed by atoms with Crippen molar-refractivity contribution < 1.29 is 14.3 Å². The normalized spacial score (nSPS) is 14.3. The van der Waals surface area contributed by atoms with Gasteiger partial charge < -0.3 is 10.1 Å². The number of benzene rings is 1. The van der Waals surface area contributed by atoms with E-state index in [2.05, 4.69) is 5.32 Å². The number of amides is 2. The van der Waals surface area contributed by atoms with Gasteiger partial charge in [-0.05, 0) is 46.8 Å². The largest absolute Gasteiger partial charge is 0.443 e. The minimum atomic E-state index is -0.658. The van der Waals surface area contributed by atoms with Gasteiger partial charge in [0.05, 0.1) is 12.1 Å². The summed E-state index contributed by atoms with van der Waals surface area (Å²) in [5.41, 5.74) is 1.13. The number of imide groups is 1. The van der Waals surface area contributed by atoms with Crippen LogP contribution in [0.5, 0.6) is 0 Å². The molecule has 2 amide bonds. The quantitative estimate of drug-likeness (QED) is 0.891. The van der Waals surface area contributed by atoms with E-state index in [-0.39, 0.29) is 18.5 Å². The number of carbonyl (C=O) groups is 2. The third-order valence-corrected chi connectivity index (χ3v) is 3.44. The average molecular weight is 325 g/mol. The molecular weight excluding hydrogens is 304 g/mol. The van der Waals surface area contributed by atoms with Crippen LogP contribution in [0.3, 0.4) is 0 Å². The monoisotopic (exact) mass is 324 g/mol. The third-order valence-electron chi connectivity index (χ3n) is 3.09. The van der Waals surface area contributed by atoms with Crippen molar-refractivity contribution in [1.29, 1.82) is 0 Å². The van der Waals surface area contributed by atoms with Crippen molar-refractivity contribution in [2.75, 3.05) is 5.32 Å². The van der Waals surface area contributed by atoms with E-state index in [1.54, 1.807) is 32.9 Å². The second-order valence-electron chi connectivity index (χ2n) is 6.62. The Labute approximate surface area is 135 Å². The molecule has 0 aromatic heterocycles. The van der Waals surface area contributed by atoms with Crippen LogP contribution >= 0.6 is 11.6 Å². The summed E-state index contributed by atoms with van der Waals surface area (Å²) in [6, 6.07) is 3.66. The molecule has 6 heteroatoms. The molecule has 0 saturated carbocycles. The zero-order valence-corrected chi connectivity index (χ0v) is 14.2. The Bertz CT molecular complexity index is 621. The van der Waals surface area contributed by atoms with Gasteiger partial charge in [-0.3, -0.25) is 4.79 Å². The number of ether oxygens (including phenoxy) is 1. The molecule has 1 aromatic rings. The van der Waals surface area contributed by atoms with Gasteiger partial charge >= 0.3 is 6.09 Å². The molecule has 0 saturated heterocycles. The molecule has 22 heavy (non-hydrogen) atoms.